The second kappa shape index (κ2) is 9.93. The van der Waals surface area contributed by atoms with Crippen molar-refractivity contribution in [1.82, 2.24) is 0 Å². The summed E-state index contributed by atoms with van der Waals surface area (Å²) in [5, 5.41) is 1.05. The Kier molecular flexibility index (Phi) is 8.82. The van der Waals surface area contributed by atoms with Crippen molar-refractivity contribution in [1.29, 1.82) is 0 Å². The Morgan fingerprint density at radius 1 is 1.04 bits per heavy atom. The fourth-order valence-electron chi connectivity index (χ4n) is 2.85. The Bertz CT molecular complexity index is 751. The largest absolute Gasteiger partial charge is 0.493 e. The minimum Gasteiger partial charge on any atom is -0.493 e. The molecule has 1 unspecified atom stereocenters. The number of hydrogen-bond acceptors (Lipinski definition) is 2. The van der Waals surface area contributed by atoms with Crippen molar-refractivity contribution in [2.75, 3.05) is 6.61 Å². The van der Waals surface area contributed by atoms with Gasteiger partial charge in [0.05, 0.1) is 6.61 Å². The van der Waals surface area contributed by atoms with Crippen molar-refractivity contribution in [3.63, 3.8) is 0 Å². The Morgan fingerprint density at radius 3 is 2.00 bits per heavy atom. The first-order valence-electron chi connectivity index (χ1n) is 9.24. The zero-order valence-electron chi connectivity index (χ0n) is 18.1. The van der Waals surface area contributed by atoms with Gasteiger partial charge in [0.1, 0.15) is 5.75 Å². The molecule has 0 saturated carbocycles. The average molecular weight is 377 g/mol. The second-order valence-corrected chi connectivity index (χ2v) is 9.70. The zero-order valence-corrected chi connectivity index (χ0v) is 19.1. The van der Waals surface area contributed by atoms with Crippen LogP contribution < -0.4 is 10.0 Å². The molecule has 0 N–H and O–H groups in total. The van der Waals surface area contributed by atoms with E-state index in [0.717, 1.165) is 27.7 Å². The first kappa shape index (κ1) is 24.0. The van der Waals surface area contributed by atoms with Crippen LogP contribution in [0, 0.1) is 19.8 Å². The summed E-state index contributed by atoms with van der Waals surface area (Å²) in [4.78, 5) is 12.9. The number of aryl methyl sites for hydroxylation is 2. The predicted molar refractivity (Wildman–Crippen MR) is 119 cm³/mol. The van der Waals surface area contributed by atoms with Crippen LogP contribution in [0.1, 0.15) is 61.7 Å². The molecule has 0 fully saturated rings. The van der Waals surface area contributed by atoms with Crippen LogP contribution in [-0.2, 0) is 5.41 Å². The van der Waals surface area contributed by atoms with Gasteiger partial charge >= 0.3 is 0 Å². The fourth-order valence-corrected chi connectivity index (χ4v) is 3.96. The van der Waals surface area contributed by atoms with Gasteiger partial charge in [-0.25, -0.2) is 0 Å². The summed E-state index contributed by atoms with van der Waals surface area (Å²) in [6.45, 7) is 15.7. The van der Waals surface area contributed by atoms with Crippen LogP contribution in [0.2, 0.25) is 0 Å². The molecule has 141 valence electrons. The molecule has 0 heterocycles. The maximum absolute atomic E-state index is 12.9. The van der Waals surface area contributed by atoms with Crippen molar-refractivity contribution in [3.8, 4) is 5.75 Å². The van der Waals surface area contributed by atoms with Crippen LogP contribution in [-0.4, -0.2) is 31.0 Å². The Morgan fingerprint density at radius 2 is 1.56 bits per heavy atom. The quantitative estimate of drug-likeness (QED) is 0.498. The SMILES string of the molecule is Cc1cc(C(C)(C)C)cc(C)c1C(=O)Pc1ccc(OCC(C)C)cc1.[Li]. The van der Waals surface area contributed by atoms with Crippen LogP contribution in [0.4, 0.5) is 0 Å². The minimum absolute atomic E-state index is 0. The van der Waals surface area contributed by atoms with Crippen LogP contribution >= 0.6 is 8.58 Å². The molecule has 2 nitrogen and oxygen atoms in total. The summed E-state index contributed by atoms with van der Waals surface area (Å²) in [7, 11) is 0.131. The first-order valence-corrected chi connectivity index (χ1v) is 10.2. The van der Waals surface area contributed by atoms with Gasteiger partial charge in [-0.05, 0) is 67.9 Å². The third-order valence-electron chi connectivity index (χ3n) is 4.32. The number of hydrogen-bond donors (Lipinski definition) is 0. The summed E-state index contributed by atoms with van der Waals surface area (Å²) >= 11 is 0. The molecule has 4 heteroatoms. The summed E-state index contributed by atoms with van der Waals surface area (Å²) in [6, 6.07) is 12.2. The summed E-state index contributed by atoms with van der Waals surface area (Å²) < 4.78 is 5.71. The maximum atomic E-state index is 12.9. The topological polar surface area (TPSA) is 26.3 Å². The molecule has 0 aliphatic carbocycles. The smallest absolute Gasteiger partial charge is 0.186 e. The van der Waals surface area contributed by atoms with Crippen molar-refractivity contribution in [2.45, 2.75) is 53.9 Å². The first-order chi connectivity index (χ1) is 12.1. The number of ether oxygens (including phenoxy) is 1. The van der Waals surface area contributed by atoms with E-state index in [-0.39, 0.29) is 38.4 Å². The van der Waals surface area contributed by atoms with Gasteiger partial charge in [0.15, 0.2) is 5.52 Å². The minimum atomic E-state index is 0. The van der Waals surface area contributed by atoms with Gasteiger partial charge in [-0.15, -0.1) is 0 Å². The van der Waals surface area contributed by atoms with Crippen molar-refractivity contribution in [2.24, 2.45) is 5.92 Å². The van der Waals surface area contributed by atoms with Gasteiger partial charge < -0.3 is 4.74 Å². The van der Waals surface area contributed by atoms with E-state index in [1.165, 1.54) is 5.56 Å². The van der Waals surface area contributed by atoms with Crippen LogP contribution in [0.15, 0.2) is 36.4 Å². The van der Waals surface area contributed by atoms with Crippen LogP contribution in [0.3, 0.4) is 0 Å². The molecular weight excluding hydrogens is 346 g/mol. The molecule has 2 aromatic carbocycles. The van der Waals surface area contributed by atoms with E-state index >= 15 is 0 Å². The zero-order chi connectivity index (χ0) is 19.5. The molecule has 0 spiro atoms. The Hall–Kier alpha value is -1.06. The number of benzene rings is 2. The molecule has 2 rings (SSSR count). The third kappa shape index (κ3) is 6.80. The normalized spacial score (nSPS) is 11.7. The summed E-state index contributed by atoms with van der Waals surface area (Å²) in [5.74, 6) is 1.36. The van der Waals surface area contributed by atoms with E-state index in [4.69, 9.17) is 4.74 Å². The maximum Gasteiger partial charge on any atom is 0.186 e. The standard InChI is InChI=1S/C23H31O2P.Li/c1-15(2)14-25-19-8-10-20(11-9-19)26-22(24)21-16(3)12-18(13-17(21)4)23(5,6)7;/h8-13,15,26H,14H2,1-7H3;. The van der Waals surface area contributed by atoms with Gasteiger partial charge in [-0.3, -0.25) is 4.79 Å². The molecule has 0 aromatic heterocycles. The van der Waals surface area contributed by atoms with E-state index in [2.05, 4.69) is 46.8 Å². The Labute approximate surface area is 178 Å². The number of carbonyl (C=O) groups excluding carboxylic acids is 1. The van der Waals surface area contributed by atoms with E-state index in [0.29, 0.717) is 12.5 Å². The van der Waals surface area contributed by atoms with Crippen molar-refractivity contribution in [3.05, 3.63) is 58.7 Å². The van der Waals surface area contributed by atoms with Crippen molar-refractivity contribution < 1.29 is 9.53 Å². The molecule has 1 atom stereocenters. The second-order valence-electron chi connectivity index (χ2n) is 8.42. The van der Waals surface area contributed by atoms with E-state index < -0.39 is 0 Å². The molecule has 0 aliphatic rings. The van der Waals surface area contributed by atoms with E-state index in [1.54, 1.807) is 0 Å². The van der Waals surface area contributed by atoms with Gasteiger partial charge in [0, 0.05) is 24.4 Å². The number of rotatable bonds is 6. The van der Waals surface area contributed by atoms with Crippen LogP contribution in [0.25, 0.3) is 0 Å². The van der Waals surface area contributed by atoms with Crippen LogP contribution in [0.5, 0.6) is 5.75 Å². The van der Waals surface area contributed by atoms with Gasteiger partial charge in [0.2, 0.25) is 0 Å². The molecule has 1 radical (unpaired) electrons. The molecular formula is C23H31LiO2P. The molecule has 0 amide bonds. The van der Waals surface area contributed by atoms with Gasteiger partial charge in [0.25, 0.3) is 0 Å². The van der Waals surface area contributed by atoms with Gasteiger partial charge in [-0.2, -0.15) is 0 Å². The van der Waals surface area contributed by atoms with Gasteiger partial charge in [-0.1, -0.05) is 58.9 Å². The summed E-state index contributed by atoms with van der Waals surface area (Å²) in [5.41, 5.74) is 4.59. The number of carbonyl (C=O) groups is 1. The third-order valence-corrected chi connectivity index (χ3v) is 5.42. The average Bonchev–Trinajstić information content (AvgIpc) is 2.52. The monoisotopic (exact) mass is 377 g/mol. The van der Waals surface area contributed by atoms with E-state index in [1.807, 2.05) is 38.1 Å². The fraction of sp³-hybridized carbons (Fsp3) is 0.435. The summed E-state index contributed by atoms with van der Waals surface area (Å²) in [6.07, 6.45) is 0. The predicted octanol–water partition coefficient (Wildman–Crippen LogP) is 5.40. The van der Waals surface area contributed by atoms with E-state index in [9.17, 15) is 4.79 Å². The molecule has 27 heavy (non-hydrogen) atoms. The Balaban J connectivity index is 0.00000364. The van der Waals surface area contributed by atoms with Crippen molar-refractivity contribution >= 4 is 38.3 Å². The molecule has 0 saturated heterocycles. The molecule has 2 aromatic rings. The molecule has 0 aliphatic heterocycles. The molecule has 0 bridgehead atoms.